The fraction of sp³-hybridized carbons (Fsp3) is 0.158. The number of ether oxygens (including phenoxy) is 8. The van der Waals surface area contributed by atoms with Crippen LogP contribution in [0.15, 0.2) is 95.0 Å². The molecule has 0 bridgehead atoms. The van der Waals surface area contributed by atoms with Gasteiger partial charge in [0.2, 0.25) is 45.5 Å². The van der Waals surface area contributed by atoms with Gasteiger partial charge in [0.15, 0.2) is 55.8 Å². The molecule has 0 saturated heterocycles. The number of primary sulfonamides is 2. The van der Waals surface area contributed by atoms with Crippen LogP contribution in [-0.2, 0) is 20.0 Å². The number of nitrogens with one attached hydrogen (secondary N) is 4. The first-order valence-corrected chi connectivity index (χ1v) is 21.0. The summed E-state index contributed by atoms with van der Waals surface area (Å²) < 4.78 is 90.7. The van der Waals surface area contributed by atoms with E-state index >= 15 is 0 Å². The predicted octanol–water partition coefficient (Wildman–Crippen LogP) is 4.71. The van der Waals surface area contributed by atoms with E-state index in [1.807, 2.05) is 0 Å². The van der Waals surface area contributed by atoms with Crippen LogP contribution in [0.3, 0.4) is 0 Å². The Labute approximate surface area is 354 Å². The van der Waals surface area contributed by atoms with E-state index in [9.17, 15) is 16.8 Å². The number of rotatable bonds is 14. The zero-order chi connectivity index (χ0) is 44.0. The molecular formula is C38H38N10O12S2. The fourth-order valence-corrected chi connectivity index (χ4v) is 7.68. The van der Waals surface area contributed by atoms with Gasteiger partial charge in [0.1, 0.15) is 11.6 Å². The summed E-state index contributed by atoms with van der Waals surface area (Å²) in [7, 11) is -2.03. The van der Waals surface area contributed by atoms with Crippen LogP contribution in [0, 0.1) is 0 Å². The molecule has 4 aromatic carbocycles. The second kappa shape index (κ2) is 18.0. The highest BCUT2D eigenvalue weighted by atomic mass is 32.2. The number of benzene rings is 4. The third-order valence-corrected chi connectivity index (χ3v) is 10.6. The Balaban J connectivity index is 0.000000186. The Kier molecular flexibility index (Phi) is 12.3. The number of hydrogen-bond donors (Lipinski definition) is 6. The minimum Gasteiger partial charge on any atom is -0.493 e. The summed E-state index contributed by atoms with van der Waals surface area (Å²) in [6.45, 7) is -0.178. The van der Waals surface area contributed by atoms with Crippen LogP contribution in [-0.4, -0.2) is 78.8 Å². The topological polar surface area (TPSA) is 294 Å². The first-order chi connectivity index (χ1) is 29.8. The number of anilines is 8. The summed E-state index contributed by atoms with van der Waals surface area (Å²) in [4.78, 5) is 16.7. The molecule has 22 nitrogen and oxygen atoms in total. The lowest BCUT2D eigenvalue weighted by Crippen LogP contribution is -2.15. The molecule has 2 aliphatic rings. The SMILES string of the molecule is COc1ccc(Nc2nccc(Nc3ccc4c(c3S(N)(=O)=O)OCO4)n2)cc1OC.COc1ccc(Nc2nccc(Nc3ccc4c(c3S(N)(=O)=O)OCO4)n2)cc1OC. The minimum atomic E-state index is -4.10. The average molecular weight is 891 g/mol. The summed E-state index contributed by atoms with van der Waals surface area (Å²) >= 11 is 0. The van der Waals surface area contributed by atoms with Gasteiger partial charge < -0.3 is 59.2 Å². The lowest BCUT2D eigenvalue weighted by Gasteiger charge is -2.13. The first kappa shape index (κ1) is 42.6. The smallest absolute Gasteiger partial charge is 0.243 e. The molecule has 0 fully saturated rings. The molecule has 0 atom stereocenters. The van der Waals surface area contributed by atoms with Crippen LogP contribution in [0.2, 0.25) is 0 Å². The van der Waals surface area contributed by atoms with Gasteiger partial charge in [-0.15, -0.1) is 0 Å². The van der Waals surface area contributed by atoms with E-state index in [1.165, 1.54) is 38.7 Å². The van der Waals surface area contributed by atoms with Crippen LogP contribution < -0.4 is 69.4 Å². The Morgan fingerprint density at radius 3 is 1.29 bits per heavy atom. The van der Waals surface area contributed by atoms with Crippen molar-refractivity contribution in [3.8, 4) is 46.0 Å². The molecular weight excluding hydrogens is 853 g/mol. The van der Waals surface area contributed by atoms with Crippen LogP contribution in [0.1, 0.15) is 0 Å². The van der Waals surface area contributed by atoms with Crippen molar-refractivity contribution in [2.24, 2.45) is 10.3 Å². The molecule has 24 heteroatoms. The largest absolute Gasteiger partial charge is 0.493 e. The van der Waals surface area contributed by atoms with Gasteiger partial charge in [-0.3, -0.25) is 0 Å². The van der Waals surface area contributed by atoms with Gasteiger partial charge in [-0.25, -0.2) is 37.1 Å². The van der Waals surface area contributed by atoms with Crippen LogP contribution >= 0.6 is 0 Å². The molecule has 0 unspecified atom stereocenters. The van der Waals surface area contributed by atoms with E-state index in [2.05, 4.69) is 41.2 Å². The number of sulfonamides is 2. The number of nitrogens with two attached hydrogens (primary N) is 2. The molecule has 2 aromatic heterocycles. The average Bonchev–Trinajstić information content (AvgIpc) is 3.93. The van der Waals surface area contributed by atoms with Crippen molar-refractivity contribution < 1.29 is 54.7 Å². The van der Waals surface area contributed by atoms with Gasteiger partial charge in [-0.1, -0.05) is 0 Å². The zero-order valence-corrected chi connectivity index (χ0v) is 34.8. The van der Waals surface area contributed by atoms with Crippen molar-refractivity contribution in [1.82, 2.24) is 19.9 Å². The normalized spacial score (nSPS) is 12.4. The molecule has 0 saturated carbocycles. The minimum absolute atomic E-state index is 0.0604. The van der Waals surface area contributed by atoms with E-state index in [1.54, 1.807) is 74.9 Å². The highest BCUT2D eigenvalue weighted by Crippen LogP contribution is 2.44. The van der Waals surface area contributed by atoms with Crippen molar-refractivity contribution in [3.05, 3.63) is 85.2 Å². The number of aromatic nitrogens is 4. The Morgan fingerprint density at radius 2 is 0.919 bits per heavy atom. The van der Waals surface area contributed by atoms with Gasteiger partial charge in [0.05, 0.1) is 39.8 Å². The molecule has 8 rings (SSSR count). The summed E-state index contributed by atoms with van der Waals surface area (Å²) in [5, 5.41) is 22.8. The molecule has 2 aliphatic heterocycles. The number of fused-ring (bicyclic) bond motifs is 2. The highest BCUT2D eigenvalue weighted by molar-refractivity contribution is 7.89. The van der Waals surface area contributed by atoms with Gasteiger partial charge >= 0.3 is 0 Å². The number of hydrogen-bond acceptors (Lipinski definition) is 20. The molecule has 0 radical (unpaired) electrons. The lowest BCUT2D eigenvalue weighted by atomic mass is 10.2. The second-order valence-corrected chi connectivity index (χ2v) is 15.6. The van der Waals surface area contributed by atoms with Crippen molar-refractivity contribution in [1.29, 1.82) is 0 Å². The van der Waals surface area contributed by atoms with Gasteiger partial charge in [0.25, 0.3) is 0 Å². The molecule has 0 amide bonds. The van der Waals surface area contributed by atoms with Crippen LogP contribution in [0.4, 0.5) is 46.3 Å². The summed E-state index contributed by atoms with van der Waals surface area (Å²) in [6.07, 6.45) is 3.03. The van der Waals surface area contributed by atoms with Gasteiger partial charge in [-0.2, -0.15) is 9.97 Å². The van der Waals surface area contributed by atoms with Crippen LogP contribution in [0.5, 0.6) is 46.0 Å². The van der Waals surface area contributed by atoms with Crippen molar-refractivity contribution in [2.75, 3.05) is 63.3 Å². The molecule has 324 valence electrons. The van der Waals surface area contributed by atoms with Crippen molar-refractivity contribution in [2.45, 2.75) is 9.79 Å². The zero-order valence-electron chi connectivity index (χ0n) is 33.2. The monoisotopic (exact) mass is 890 g/mol. The third-order valence-electron chi connectivity index (χ3n) is 8.67. The number of nitrogens with zero attached hydrogens (tertiary/aromatic N) is 4. The summed E-state index contributed by atoms with van der Waals surface area (Å²) in [5.41, 5.74) is 1.73. The second-order valence-electron chi connectivity index (χ2n) is 12.6. The van der Waals surface area contributed by atoms with Crippen molar-refractivity contribution in [3.63, 3.8) is 0 Å². The summed E-state index contributed by atoms with van der Waals surface area (Å²) in [5.74, 6) is 4.19. The lowest BCUT2D eigenvalue weighted by molar-refractivity contribution is 0.172. The van der Waals surface area contributed by atoms with Gasteiger partial charge in [0, 0.05) is 35.9 Å². The molecule has 62 heavy (non-hydrogen) atoms. The van der Waals surface area contributed by atoms with E-state index in [4.69, 9.17) is 48.2 Å². The Bertz CT molecular complexity index is 2660. The molecule has 8 N–H and O–H groups in total. The van der Waals surface area contributed by atoms with Crippen LogP contribution in [0.25, 0.3) is 0 Å². The Hall–Kier alpha value is -7.54. The molecule has 4 heterocycles. The third kappa shape index (κ3) is 9.57. The summed E-state index contributed by atoms with van der Waals surface area (Å²) in [6, 6.07) is 19.9. The maximum Gasteiger partial charge on any atom is 0.243 e. The van der Waals surface area contributed by atoms with Gasteiger partial charge in [-0.05, 0) is 60.7 Å². The fourth-order valence-electron chi connectivity index (χ4n) is 5.99. The maximum absolute atomic E-state index is 12.2. The van der Waals surface area contributed by atoms with E-state index in [0.717, 1.165) is 0 Å². The number of methoxy groups -OCH3 is 4. The molecule has 0 aliphatic carbocycles. The quantitative estimate of drug-likeness (QED) is 0.0862. The highest BCUT2D eigenvalue weighted by Gasteiger charge is 2.30. The molecule has 0 spiro atoms. The first-order valence-electron chi connectivity index (χ1n) is 17.9. The predicted molar refractivity (Wildman–Crippen MR) is 224 cm³/mol. The van der Waals surface area contributed by atoms with Crippen molar-refractivity contribution >= 4 is 66.3 Å². The van der Waals surface area contributed by atoms with E-state index in [0.29, 0.717) is 57.5 Å². The van der Waals surface area contributed by atoms with E-state index in [-0.39, 0.29) is 58.1 Å². The maximum atomic E-state index is 12.2. The molecule has 6 aromatic rings. The Morgan fingerprint density at radius 1 is 0.516 bits per heavy atom. The standard InChI is InChI=1S/2C19H19N5O6S/c2*1-27-13-5-3-11(9-15(13)28-2)22-19-21-8-7-16(24-19)23-12-4-6-14-17(30-10-29-14)18(12)31(20,25)26/h2*3-9H,10H2,1-2H3,(H2,20,25,26)(H2,21,22,23,24). The van der Waals surface area contributed by atoms with E-state index < -0.39 is 20.0 Å².